The van der Waals surface area contributed by atoms with Gasteiger partial charge in [0.25, 0.3) is 0 Å². The van der Waals surface area contributed by atoms with Crippen molar-refractivity contribution in [3.05, 3.63) is 47.5 Å². The van der Waals surface area contributed by atoms with Crippen LogP contribution in [0.5, 0.6) is 23.0 Å². The van der Waals surface area contributed by atoms with Gasteiger partial charge < -0.3 is 19.7 Å². The average Bonchev–Trinajstić information content (AvgIpc) is 3.50. The summed E-state index contributed by atoms with van der Waals surface area (Å²) in [6.45, 7) is 0.248. The zero-order chi connectivity index (χ0) is 36.2. The minimum Gasteiger partial charge on any atom is -0.507 e. The predicted octanol–water partition coefficient (Wildman–Crippen LogP) is 3.50. The number of phenolic OH excluding ortho intramolecular Hbond substituents is 2. The number of aliphatic imine (C=N–C) groups is 2. The van der Waals surface area contributed by atoms with Crippen LogP contribution in [0.1, 0.15) is 36.8 Å². The number of amides is 4. The number of hydrogen-bond acceptors (Lipinski definition) is 16. The van der Waals surface area contributed by atoms with Crippen LogP contribution in [0.4, 0.5) is 0 Å². The van der Waals surface area contributed by atoms with E-state index in [1.54, 1.807) is 0 Å². The number of phenols is 2. The van der Waals surface area contributed by atoms with Crippen LogP contribution in [-0.4, -0.2) is 117 Å². The van der Waals surface area contributed by atoms with Crippen molar-refractivity contribution < 1.29 is 48.5 Å². The van der Waals surface area contributed by atoms with Gasteiger partial charge in [-0.1, -0.05) is 43.2 Å². The summed E-state index contributed by atoms with van der Waals surface area (Å²) in [5.41, 5.74) is 0.566. The monoisotopic (exact) mass is 762 g/mol. The standard InChI is InChI=1S/C32H34N4O10S4/c1-47-49-25-15-27(39)35(31(25)43)11-7-29(41)45-21-3-5-23(37)19(13-21)17-33-9-10-34-18-20-14-22(4-6-24(20)38)46-30(42)8-12-36-28(40)16-26(32(36)44)50-48-2/h3-6,13-14,17-18,25-26,37-38H,7-12,15-16H2,1-2H3. The molecular formula is C32H34N4O10S4. The van der Waals surface area contributed by atoms with Crippen LogP contribution in [0.3, 0.4) is 0 Å². The Labute approximate surface area is 303 Å². The quantitative estimate of drug-likeness (QED) is 0.0594. The molecule has 0 aromatic heterocycles. The third-order valence-corrected chi connectivity index (χ3v) is 11.3. The lowest BCUT2D eigenvalue weighted by Gasteiger charge is -2.14. The molecule has 0 saturated carbocycles. The topological polar surface area (TPSA) is 193 Å². The number of ether oxygens (including phenoxy) is 2. The molecule has 4 amide bonds. The summed E-state index contributed by atoms with van der Waals surface area (Å²) in [5.74, 6) is -2.48. The summed E-state index contributed by atoms with van der Waals surface area (Å²) in [5, 5.41) is 19.5. The fourth-order valence-electron chi connectivity index (χ4n) is 4.77. The first kappa shape index (κ1) is 38.8. The van der Waals surface area contributed by atoms with Gasteiger partial charge in [0.1, 0.15) is 33.5 Å². The molecule has 2 aromatic rings. The molecule has 2 aliphatic rings. The van der Waals surface area contributed by atoms with E-state index in [2.05, 4.69) is 9.98 Å². The third kappa shape index (κ3) is 10.7. The number of imide groups is 2. The highest BCUT2D eigenvalue weighted by atomic mass is 33.1. The zero-order valence-electron chi connectivity index (χ0n) is 27.0. The number of carbonyl (C=O) groups excluding carboxylic acids is 6. The summed E-state index contributed by atoms with van der Waals surface area (Å²) < 4.78 is 10.7. The molecule has 2 saturated heterocycles. The van der Waals surface area contributed by atoms with Crippen LogP contribution >= 0.6 is 43.2 Å². The molecule has 2 fully saturated rings. The van der Waals surface area contributed by atoms with Gasteiger partial charge in [0.2, 0.25) is 23.6 Å². The number of esters is 2. The molecule has 14 nitrogen and oxygen atoms in total. The second kappa shape index (κ2) is 18.8. The maximum Gasteiger partial charge on any atom is 0.312 e. The van der Waals surface area contributed by atoms with Crippen LogP contribution in [0.25, 0.3) is 0 Å². The minimum atomic E-state index is -0.647. The van der Waals surface area contributed by atoms with E-state index < -0.39 is 22.4 Å². The summed E-state index contributed by atoms with van der Waals surface area (Å²) in [6, 6.07) is 8.33. The van der Waals surface area contributed by atoms with Gasteiger partial charge in [0.05, 0.1) is 25.9 Å². The lowest BCUT2D eigenvalue weighted by Crippen LogP contribution is -2.33. The van der Waals surface area contributed by atoms with E-state index in [9.17, 15) is 39.0 Å². The number of hydrogen-bond donors (Lipinski definition) is 2. The first-order valence-electron chi connectivity index (χ1n) is 15.1. The van der Waals surface area contributed by atoms with Gasteiger partial charge in [0, 0.05) is 49.5 Å². The first-order chi connectivity index (χ1) is 24.0. The number of aromatic hydroxyl groups is 2. The van der Waals surface area contributed by atoms with Gasteiger partial charge >= 0.3 is 11.9 Å². The Bertz CT molecular complexity index is 1570. The van der Waals surface area contributed by atoms with Gasteiger partial charge in [-0.15, -0.1) is 0 Å². The van der Waals surface area contributed by atoms with E-state index in [0.29, 0.717) is 0 Å². The second-order valence-corrected chi connectivity index (χ2v) is 16.0. The molecule has 2 N–H and O–H groups in total. The Morgan fingerprint density at radius 1 is 0.740 bits per heavy atom. The van der Waals surface area contributed by atoms with Gasteiger partial charge in [-0.05, 0) is 48.9 Å². The summed E-state index contributed by atoms with van der Waals surface area (Å²) in [4.78, 5) is 84.5. The van der Waals surface area contributed by atoms with Crippen molar-refractivity contribution in [3.63, 3.8) is 0 Å². The molecule has 2 atom stereocenters. The molecule has 266 valence electrons. The zero-order valence-corrected chi connectivity index (χ0v) is 30.3. The Kier molecular flexibility index (Phi) is 14.6. The van der Waals surface area contributed by atoms with Crippen molar-refractivity contribution in [2.45, 2.75) is 36.2 Å². The van der Waals surface area contributed by atoms with Crippen LogP contribution < -0.4 is 9.47 Å². The highest BCUT2D eigenvalue weighted by Crippen LogP contribution is 2.33. The van der Waals surface area contributed by atoms with E-state index in [4.69, 9.17) is 9.47 Å². The number of nitrogens with zero attached hydrogens (tertiary/aromatic N) is 4. The maximum absolute atomic E-state index is 12.4. The molecular weight excluding hydrogens is 729 g/mol. The van der Waals surface area contributed by atoms with E-state index in [1.807, 2.05) is 12.5 Å². The van der Waals surface area contributed by atoms with E-state index in [-0.39, 0.29) is 110 Å². The normalized spacial score (nSPS) is 17.9. The van der Waals surface area contributed by atoms with Crippen molar-refractivity contribution in [3.8, 4) is 23.0 Å². The highest BCUT2D eigenvalue weighted by Gasteiger charge is 2.40. The Morgan fingerprint density at radius 3 is 1.52 bits per heavy atom. The van der Waals surface area contributed by atoms with Gasteiger partial charge in [-0.3, -0.25) is 48.6 Å². The smallest absolute Gasteiger partial charge is 0.312 e. The molecule has 2 aromatic carbocycles. The van der Waals surface area contributed by atoms with Crippen molar-refractivity contribution in [2.24, 2.45) is 9.98 Å². The fraction of sp³-hybridized carbons (Fsp3) is 0.375. The number of benzene rings is 2. The van der Waals surface area contributed by atoms with Crippen LogP contribution in [0, 0.1) is 0 Å². The summed E-state index contributed by atoms with van der Waals surface area (Å²) >= 11 is 0. The van der Waals surface area contributed by atoms with E-state index >= 15 is 0 Å². The fourth-order valence-corrected chi connectivity index (χ4v) is 8.37. The number of carbonyl (C=O) groups is 6. The largest absolute Gasteiger partial charge is 0.507 e. The first-order valence-corrected chi connectivity index (χ1v) is 20.4. The molecule has 4 rings (SSSR count). The van der Waals surface area contributed by atoms with Crippen molar-refractivity contribution >= 4 is 91.2 Å². The lowest BCUT2D eigenvalue weighted by molar-refractivity contribution is -0.142. The van der Waals surface area contributed by atoms with Gasteiger partial charge in [-0.25, -0.2) is 0 Å². The molecule has 50 heavy (non-hydrogen) atoms. The van der Waals surface area contributed by atoms with Crippen molar-refractivity contribution in [1.29, 1.82) is 0 Å². The average molecular weight is 763 g/mol. The van der Waals surface area contributed by atoms with Gasteiger partial charge in [0.15, 0.2) is 0 Å². The SMILES string of the molecule is CSSC1CC(=O)N(CCC(=O)Oc2ccc(O)c(C=NCCN=Cc3cc(OC(=O)CCN4C(=O)CC(SSC)C4=O)ccc3O)c2)C1=O. The second-order valence-electron chi connectivity index (χ2n) is 10.6. The van der Waals surface area contributed by atoms with Crippen LogP contribution in [-0.2, 0) is 28.8 Å². The van der Waals surface area contributed by atoms with Crippen molar-refractivity contribution in [2.75, 3.05) is 38.7 Å². The van der Waals surface area contributed by atoms with Crippen LogP contribution in [0.2, 0.25) is 0 Å². The Hall–Kier alpha value is -4.00. The Balaban J connectivity index is 1.22. The predicted molar refractivity (Wildman–Crippen MR) is 194 cm³/mol. The molecule has 0 radical (unpaired) electrons. The number of likely N-dealkylation sites (tertiary alicyclic amines) is 2. The molecule has 2 heterocycles. The van der Waals surface area contributed by atoms with Crippen molar-refractivity contribution in [1.82, 2.24) is 9.80 Å². The maximum atomic E-state index is 12.4. The molecule has 2 aliphatic heterocycles. The van der Waals surface area contributed by atoms with Crippen LogP contribution in [0.15, 0.2) is 46.4 Å². The number of rotatable bonds is 17. The molecule has 2 unspecified atom stereocenters. The summed E-state index contributed by atoms with van der Waals surface area (Å²) in [6.07, 6.45) is 6.26. The van der Waals surface area contributed by atoms with Gasteiger partial charge in [-0.2, -0.15) is 0 Å². The Morgan fingerprint density at radius 2 is 1.14 bits per heavy atom. The third-order valence-electron chi connectivity index (χ3n) is 7.19. The molecule has 0 bridgehead atoms. The minimum absolute atomic E-state index is 0.0777. The molecule has 18 heteroatoms. The molecule has 0 aliphatic carbocycles. The summed E-state index contributed by atoms with van der Waals surface area (Å²) in [7, 11) is 5.43. The van der Waals surface area contributed by atoms with E-state index in [0.717, 1.165) is 9.80 Å². The van der Waals surface area contributed by atoms with E-state index in [1.165, 1.54) is 92.0 Å². The highest BCUT2D eigenvalue weighted by molar-refractivity contribution is 8.77. The molecule has 0 spiro atoms. The lowest BCUT2D eigenvalue weighted by atomic mass is 10.2.